The van der Waals surface area contributed by atoms with Crippen LogP contribution in [0.1, 0.15) is 25.8 Å². The van der Waals surface area contributed by atoms with Gasteiger partial charge in [0.1, 0.15) is 18.3 Å². The molecule has 0 spiro atoms. The van der Waals surface area contributed by atoms with Gasteiger partial charge in [-0.1, -0.05) is 41.1 Å². The zero-order valence-electron chi connectivity index (χ0n) is 19.2. The standard InChI is InChI=1S/C23H30BrN3O5S/c1-5-21(23(29)25-6-2)26(15-17-9-7-12-20(13-17)32-3)22(28)16-27(33(4,30)31)19-11-8-10-18(24)14-19/h7-14,21H,5-6,15-16H2,1-4H3,(H,25,29)/t21-/m0/s1. The predicted octanol–water partition coefficient (Wildman–Crippen LogP) is 3.17. The van der Waals surface area contributed by atoms with Crippen LogP contribution in [-0.4, -0.2) is 57.6 Å². The molecule has 0 aliphatic carbocycles. The average molecular weight is 540 g/mol. The molecular formula is C23H30BrN3O5S. The van der Waals surface area contributed by atoms with Crippen LogP contribution in [0.2, 0.25) is 0 Å². The van der Waals surface area contributed by atoms with Gasteiger partial charge in [-0.2, -0.15) is 0 Å². The fourth-order valence-corrected chi connectivity index (χ4v) is 4.65. The number of hydrogen-bond donors (Lipinski definition) is 1. The monoisotopic (exact) mass is 539 g/mol. The molecule has 10 heteroatoms. The predicted molar refractivity (Wildman–Crippen MR) is 133 cm³/mol. The smallest absolute Gasteiger partial charge is 0.244 e. The summed E-state index contributed by atoms with van der Waals surface area (Å²) in [6.07, 6.45) is 1.42. The molecule has 1 N–H and O–H groups in total. The molecule has 0 bridgehead atoms. The largest absolute Gasteiger partial charge is 0.497 e. The molecule has 0 saturated carbocycles. The van der Waals surface area contributed by atoms with Crippen LogP contribution in [0, 0.1) is 0 Å². The Balaban J connectivity index is 2.44. The highest BCUT2D eigenvalue weighted by Gasteiger charge is 2.31. The van der Waals surface area contributed by atoms with Crippen molar-refractivity contribution in [1.82, 2.24) is 10.2 Å². The number of sulfonamides is 1. The van der Waals surface area contributed by atoms with E-state index >= 15 is 0 Å². The minimum Gasteiger partial charge on any atom is -0.497 e. The van der Waals surface area contributed by atoms with E-state index < -0.39 is 28.5 Å². The van der Waals surface area contributed by atoms with Gasteiger partial charge in [0.05, 0.1) is 19.1 Å². The number of nitrogens with zero attached hydrogens (tertiary/aromatic N) is 2. The lowest BCUT2D eigenvalue weighted by atomic mass is 10.1. The zero-order valence-corrected chi connectivity index (χ0v) is 21.6. The van der Waals surface area contributed by atoms with Crippen LogP contribution < -0.4 is 14.4 Å². The summed E-state index contributed by atoms with van der Waals surface area (Å²) in [6, 6.07) is 13.1. The van der Waals surface area contributed by atoms with Crippen LogP contribution in [0.15, 0.2) is 53.0 Å². The molecule has 0 fully saturated rings. The average Bonchev–Trinajstić information content (AvgIpc) is 2.76. The molecule has 2 aromatic carbocycles. The first-order chi connectivity index (χ1) is 15.6. The van der Waals surface area contributed by atoms with Gasteiger partial charge >= 0.3 is 0 Å². The summed E-state index contributed by atoms with van der Waals surface area (Å²) in [5, 5.41) is 2.77. The molecule has 0 heterocycles. The molecule has 180 valence electrons. The van der Waals surface area contributed by atoms with Gasteiger partial charge in [-0.3, -0.25) is 13.9 Å². The molecule has 0 aromatic heterocycles. The molecule has 0 aliphatic rings. The minimum atomic E-state index is -3.77. The van der Waals surface area contributed by atoms with Gasteiger partial charge in [-0.15, -0.1) is 0 Å². The van der Waals surface area contributed by atoms with Gasteiger partial charge < -0.3 is 15.0 Å². The number of ether oxygens (including phenoxy) is 1. The molecule has 0 aliphatic heterocycles. The second-order valence-electron chi connectivity index (χ2n) is 7.44. The van der Waals surface area contributed by atoms with Crippen LogP contribution in [0.25, 0.3) is 0 Å². The quantitative estimate of drug-likeness (QED) is 0.473. The minimum absolute atomic E-state index is 0.127. The maximum absolute atomic E-state index is 13.5. The van der Waals surface area contributed by atoms with Gasteiger partial charge in [0, 0.05) is 17.6 Å². The van der Waals surface area contributed by atoms with Gasteiger partial charge in [0.2, 0.25) is 21.8 Å². The van der Waals surface area contributed by atoms with Crippen molar-refractivity contribution in [2.75, 3.05) is 30.8 Å². The molecule has 2 aromatic rings. The van der Waals surface area contributed by atoms with Crippen molar-refractivity contribution >= 4 is 43.5 Å². The Morgan fingerprint density at radius 2 is 1.82 bits per heavy atom. The molecule has 0 radical (unpaired) electrons. The van der Waals surface area contributed by atoms with E-state index in [0.717, 1.165) is 16.1 Å². The summed E-state index contributed by atoms with van der Waals surface area (Å²) in [5.41, 5.74) is 1.12. The highest BCUT2D eigenvalue weighted by atomic mass is 79.9. The fourth-order valence-electron chi connectivity index (χ4n) is 3.42. The topological polar surface area (TPSA) is 96.0 Å². The van der Waals surface area contributed by atoms with E-state index in [2.05, 4.69) is 21.2 Å². The first-order valence-corrected chi connectivity index (χ1v) is 13.2. The molecule has 0 saturated heterocycles. The van der Waals surface area contributed by atoms with Crippen molar-refractivity contribution in [1.29, 1.82) is 0 Å². The number of benzene rings is 2. The SMILES string of the molecule is CCNC(=O)[C@H](CC)N(Cc1cccc(OC)c1)C(=O)CN(c1cccc(Br)c1)S(C)(=O)=O. The van der Waals surface area contributed by atoms with Crippen LogP contribution in [0.4, 0.5) is 5.69 Å². The Morgan fingerprint density at radius 1 is 1.12 bits per heavy atom. The number of likely N-dealkylation sites (N-methyl/N-ethyl adjacent to an activating group) is 1. The van der Waals surface area contributed by atoms with E-state index in [-0.39, 0.29) is 12.5 Å². The number of nitrogens with one attached hydrogen (secondary N) is 1. The summed E-state index contributed by atoms with van der Waals surface area (Å²) < 4.78 is 32.1. The van der Waals surface area contributed by atoms with Crippen LogP contribution >= 0.6 is 15.9 Å². The van der Waals surface area contributed by atoms with Gasteiger partial charge in [-0.05, 0) is 49.2 Å². The normalized spacial score (nSPS) is 12.0. The lowest BCUT2D eigenvalue weighted by molar-refractivity contribution is -0.140. The maximum atomic E-state index is 13.5. The molecule has 1 atom stereocenters. The van der Waals surface area contributed by atoms with Gasteiger partial charge in [-0.25, -0.2) is 8.42 Å². The van der Waals surface area contributed by atoms with Gasteiger partial charge in [0.15, 0.2) is 0 Å². The number of anilines is 1. The summed E-state index contributed by atoms with van der Waals surface area (Å²) in [7, 11) is -2.22. The number of rotatable bonds is 11. The number of carbonyl (C=O) groups excluding carboxylic acids is 2. The number of carbonyl (C=O) groups is 2. The Bertz CT molecular complexity index is 1080. The number of halogens is 1. The van der Waals surface area contributed by atoms with Crippen LogP contribution in [0.5, 0.6) is 5.75 Å². The zero-order chi connectivity index (χ0) is 24.6. The summed E-state index contributed by atoms with van der Waals surface area (Å²) >= 11 is 3.34. The van der Waals surface area contributed by atoms with Crippen LogP contribution in [-0.2, 0) is 26.2 Å². The van der Waals surface area contributed by atoms with Crippen molar-refractivity contribution in [2.45, 2.75) is 32.9 Å². The number of hydrogen-bond acceptors (Lipinski definition) is 5. The number of methoxy groups -OCH3 is 1. The third-order valence-corrected chi connectivity index (χ3v) is 6.63. The Morgan fingerprint density at radius 3 is 2.39 bits per heavy atom. The van der Waals surface area contributed by atoms with Crippen molar-refractivity contribution in [3.8, 4) is 5.75 Å². The fraction of sp³-hybridized carbons (Fsp3) is 0.391. The maximum Gasteiger partial charge on any atom is 0.244 e. The Kier molecular flexibility index (Phi) is 9.72. The van der Waals surface area contributed by atoms with Crippen LogP contribution in [0.3, 0.4) is 0 Å². The third-order valence-electron chi connectivity index (χ3n) is 5.00. The van der Waals surface area contributed by atoms with Crippen molar-refractivity contribution in [3.05, 3.63) is 58.6 Å². The van der Waals surface area contributed by atoms with Crippen molar-refractivity contribution in [2.24, 2.45) is 0 Å². The van der Waals surface area contributed by atoms with Gasteiger partial charge in [0.25, 0.3) is 0 Å². The Labute approximate surface area is 204 Å². The van der Waals surface area contributed by atoms with Crippen molar-refractivity contribution < 1.29 is 22.7 Å². The van der Waals surface area contributed by atoms with E-state index in [9.17, 15) is 18.0 Å². The summed E-state index contributed by atoms with van der Waals surface area (Å²) in [6.45, 7) is 3.73. The van der Waals surface area contributed by atoms with E-state index in [1.54, 1.807) is 56.5 Å². The van der Waals surface area contributed by atoms with E-state index in [1.807, 2.05) is 13.0 Å². The lowest BCUT2D eigenvalue weighted by Gasteiger charge is -2.32. The third kappa shape index (κ3) is 7.46. The molecular weight excluding hydrogens is 510 g/mol. The molecule has 8 nitrogen and oxygen atoms in total. The van der Waals surface area contributed by atoms with E-state index in [0.29, 0.717) is 28.9 Å². The van der Waals surface area contributed by atoms with E-state index in [4.69, 9.17) is 4.74 Å². The first-order valence-electron chi connectivity index (χ1n) is 10.5. The van der Waals surface area contributed by atoms with Crippen molar-refractivity contribution in [3.63, 3.8) is 0 Å². The van der Waals surface area contributed by atoms with E-state index in [1.165, 1.54) is 4.90 Å². The second kappa shape index (κ2) is 12.0. The Hall–Kier alpha value is -2.59. The highest BCUT2D eigenvalue weighted by Crippen LogP contribution is 2.23. The molecule has 0 unspecified atom stereocenters. The molecule has 2 amide bonds. The molecule has 2 rings (SSSR count). The molecule has 33 heavy (non-hydrogen) atoms. The second-order valence-corrected chi connectivity index (χ2v) is 10.3. The lowest BCUT2D eigenvalue weighted by Crippen LogP contribution is -2.52. The summed E-state index contributed by atoms with van der Waals surface area (Å²) in [4.78, 5) is 27.7. The summed E-state index contributed by atoms with van der Waals surface area (Å²) in [5.74, 6) is -0.149. The highest BCUT2D eigenvalue weighted by molar-refractivity contribution is 9.10. The number of amides is 2. The first kappa shape index (κ1) is 26.7.